The summed E-state index contributed by atoms with van der Waals surface area (Å²) in [7, 11) is 0. The summed E-state index contributed by atoms with van der Waals surface area (Å²) in [6.45, 7) is 6.98. The number of hydrogen-bond acceptors (Lipinski definition) is 5. The van der Waals surface area contributed by atoms with Crippen LogP contribution < -0.4 is 10.2 Å². The predicted octanol–water partition coefficient (Wildman–Crippen LogP) is 0.497. The molecule has 2 saturated heterocycles. The molecule has 2 atom stereocenters. The highest BCUT2D eigenvalue weighted by atomic mass is 16.5. The van der Waals surface area contributed by atoms with E-state index in [0.29, 0.717) is 12.0 Å². The normalized spacial score (nSPS) is 28.8. The van der Waals surface area contributed by atoms with E-state index in [0.717, 1.165) is 57.4 Å². The molecule has 0 amide bonds. The van der Waals surface area contributed by atoms with Gasteiger partial charge < -0.3 is 15.0 Å². The highest BCUT2D eigenvalue weighted by Gasteiger charge is 2.31. The zero-order chi connectivity index (χ0) is 12.4. The lowest BCUT2D eigenvalue weighted by Crippen LogP contribution is -2.44. The van der Waals surface area contributed by atoms with E-state index in [1.54, 1.807) is 0 Å². The zero-order valence-corrected chi connectivity index (χ0v) is 10.9. The van der Waals surface area contributed by atoms with Crippen molar-refractivity contribution in [1.29, 1.82) is 0 Å². The predicted molar refractivity (Wildman–Crippen MR) is 68.9 cm³/mol. The molecule has 0 aromatic carbocycles. The molecule has 3 rings (SSSR count). The number of hydrogen-bond donors (Lipinski definition) is 2. The Bertz CT molecular complexity index is 388. The Morgan fingerprint density at radius 3 is 3.00 bits per heavy atom. The van der Waals surface area contributed by atoms with Crippen LogP contribution in [0.5, 0.6) is 0 Å². The largest absolute Gasteiger partial charge is 0.377 e. The Hall–Kier alpha value is -1.14. The van der Waals surface area contributed by atoms with Gasteiger partial charge in [0, 0.05) is 38.7 Å². The maximum atomic E-state index is 5.71. The minimum absolute atomic E-state index is 0.300. The molecular weight excluding hydrogens is 230 g/mol. The zero-order valence-electron chi connectivity index (χ0n) is 10.9. The number of aromatic nitrogens is 3. The first-order valence-electron chi connectivity index (χ1n) is 6.88. The van der Waals surface area contributed by atoms with Crippen molar-refractivity contribution in [3.05, 3.63) is 5.82 Å². The van der Waals surface area contributed by atoms with Crippen LogP contribution in [-0.4, -0.2) is 54.1 Å². The molecular formula is C12H21N5O. The number of H-pyrrole nitrogens is 1. The van der Waals surface area contributed by atoms with Gasteiger partial charge in [0.05, 0.1) is 6.10 Å². The number of rotatable bonds is 3. The van der Waals surface area contributed by atoms with Crippen molar-refractivity contribution in [3.63, 3.8) is 0 Å². The van der Waals surface area contributed by atoms with Crippen LogP contribution >= 0.6 is 0 Å². The number of anilines is 1. The van der Waals surface area contributed by atoms with E-state index in [9.17, 15) is 0 Å². The molecule has 2 aliphatic heterocycles. The monoisotopic (exact) mass is 251 g/mol. The molecule has 1 aromatic heterocycles. The van der Waals surface area contributed by atoms with Crippen molar-refractivity contribution < 1.29 is 4.74 Å². The fraction of sp³-hybridized carbons (Fsp3) is 0.833. The van der Waals surface area contributed by atoms with Crippen LogP contribution in [0.25, 0.3) is 0 Å². The van der Waals surface area contributed by atoms with Crippen LogP contribution in [0.15, 0.2) is 0 Å². The molecule has 3 heterocycles. The van der Waals surface area contributed by atoms with Crippen LogP contribution in [-0.2, 0) is 4.74 Å². The smallest absolute Gasteiger partial charge is 0.244 e. The number of aromatic amines is 1. The first-order chi connectivity index (χ1) is 8.88. The Kier molecular flexibility index (Phi) is 3.47. The first-order valence-corrected chi connectivity index (χ1v) is 6.88. The van der Waals surface area contributed by atoms with Crippen LogP contribution in [0.3, 0.4) is 0 Å². The molecule has 6 heteroatoms. The highest BCUT2D eigenvalue weighted by Crippen LogP contribution is 2.31. The topological polar surface area (TPSA) is 66.1 Å². The van der Waals surface area contributed by atoms with Gasteiger partial charge in [-0.05, 0) is 12.8 Å². The van der Waals surface area contributed by atoms with Crippen molar-refractivity contribution in [3.8, 4) is 0 Å². The van der Waals surface area contributed by atoms with Crippen LogP contribution in [0.2, 0.25) is 0 Å². The first kappa shape index (κ1) is 11.9. The van der Waals surface area contributed by atoms with Crippen LogP contribution in [0, 0.1) is 0 Å². The molecule has 0 radical (unpaired) electrons. The minimum atomic E-state index is 0.300. The molecule has 6 nitrogen and oxygen atoms in total. The van der Waals surface area contributed by atoms with E-state index in [2.05, 4.69) is 32.3 Å². The van der Waals surface area contributed by atoms with E-state index >= 15 is 0 Å². The summed E-state index contributed by atoms with van der Waals surface area (Å²) in [6.07, 6.45) is 2.39. The lowest BCUT2D eigenvalue weighted by molar-refractivity contribution is 0.0995. The third-order valence-corrected chi connectivity index (χ3v) is 3.85. The summed E-state index contributed by atoms with van der Waals surface area (Å²) in [6, 6.07) is 0. The highest BCUT2D eigenvalue weighted by molar-refractivity contribution is 5.30. The van der Waals surface area contributed by atoms with Gasteiger partial charge in [-0.1, -0.05) is 6.92 Å². The molecule has 0 spiro atoms. The van der Waals surface area contributed by atoms with E-state index in [1.807, 2.05) is 0 Å². The lowest BCUT2D eigenvalue weighted by Gasteiger charge is -2.25. The maximum Gasteiger partial charge on any atom is 0.244 e. The fourth-order valence-corrected chi connectivity index (χ4v) is 2.80. The number of nitrogens with one attached hydrogen (secondary N) is 2. The molecule has 18 heavy (non-hydrogen) atoms. The summed E-state index contributed by atoms with van der Waals surface area (Å²) >= 11 is 0. The fourth-order valence-electron chi connectivity index (χ4n) is 2.80. The summed E-state index contributed by atoms with van der Waals surface area (Å²) in [4.78, 5) is 6.90. The summed E-state index contributed by atoms with van der Waals surface area (Å²) in [5.41, 5.74) is 0. The van der Waals surface area contributed by atoms with E-state index in [-0.39, 0.29) is 0 Å². The number of nitrogens with zero attached hydrogens (tertiary/aromatic N) is 3. The van der Waals surface area contributed by atoms with Gasteiger partial charge in [0.25, 0.3) is 0 Å². The summed E-state index contributed by atoms with van der Waals surface area (Å²) in [5, 5.41) is 10.8. The maximum absolute atomic E-state index is 5.71. The van der Waals surface area contributed by atoms with Gasteiger partial charge in [-0.25, -0.2) is 0 Å². The second-order valence-electron chi connectivity index (χ2n) is 4.97. The third kappa shape index (κ3) is 2.22. The van der Waals surface area contributed by atoms with Crippen molar-refractivity contribution in [1.82, 2.24) is 20.5 Å². The molecule has 1 aromatic rings. The van der Waals surface area contributed by atoms with Gasteiger partial charge in [-0.2, -0.15) is 4.98 Å². The third-order valence-electron chi connectivity index (χ3n) is 3.85. The van der Waals surface area contributed by atoms with Gasteiger partial charge >= 0.3 is 0 Å². The van der Waals surface area contributed by atoms with Gasteiger partial charge in [0.1, 0.15) is 5.82 Å². The van der Waals surface area contributed by atoms with E-state index in [4.69, 9.17) is 4.74 Å². The molecule has 2 aliphatic rings. The van der Waals surface area contributed by atoms with Crippen molar-refractivity contribution in [2.75, 3.05) is 37.7 Å². The Morgan fingerprint density at radius 1 is 1.39 bits per heavy atom. The van der Waals surface area contributed by atoms with Crippen molar-refractivity contribution >= 4 is 5.95 Å². The molecule has 0 saturated carbocycles. The second-order valence-corrected chi connectivity index (χ2v) is 4.97. The van der Waals surface area contributed by atoms with Crippen molar-refractivity contribution in [2.24, 2.45) is 0 Å². The van der Waals surface area contributed by atoms with E-state index < -0.39 is 0 Å². The summed E-state index contributed by atoms with van der Waals surface area (Å²) < 4.78 is 5.71. The molecule has 2 fully saturated rings. The van der Waals surface area contributed by atoms with Gasteiger partial charge in [0.2, 0.25) is 5.95 Å². The Balaban J connectivity index is 1.72. The van der Waals surface area contributed by atoms with Crippen LogP contribution in [0.4, 0.5) is 5.95 Å². The summed E-state index contributed by atoms with van der Waals surface area (Å²) in [5.74, 6) is 2.22. The van der Waals surface area contributed by atoms with Crippen molar-refractivity contribution in [2.45, 2.75) is 31.8 Å². The second kappa shape index (κ2) is 5.24. The van der Waals surface area contributed by atoms with Gasteiger partial charge in [-0.3, -0.25) is 5.10 Å². The minimum Gasteiger partial charge on any atom is -0.377 e. The van der Waals surface area contributed by atoms with Gasteiger partial charge in [-0.15, -0.1) is 5.10 Å². The number of ether oxygens (including phenoxy) is 1. The molecule has 0 bridgehead atoms. The SMILES string of the molecule is CCC1OCCC1c1nc(N2CCNCC2)n[nH]1. The quantitative estimate of drug-likeness (QED) is 0.819. The molecule has 0 aliphatic carbocycles. The Morgan fingerprint density at radius 2 is 2.22 bits per heavy atom. The number of piperazine rings is 1. The average Bonchev–Trinajstić information content (AvgIpc) is 3.08. The van der Waals surface area contributed by atoms with E-state index in [1.165, 1.54) is 0 Å². The Labute approximate surface area is 107 Å². The molecule has 2 N–H and O–H groups in total. The van der Waals surface area contributed by atoms with Crippen LogP contribution in [0.1, 0.15) is 31.5 Å². The standard InChI is InChI=1S/C12H21N5O/c1-2-10-9(3-8-18-10)11-14-12(16-15-11)17-6-4-13-5-7-17/h9-10,13H,2-8H2,1H3,(H,14,15,16). The van der Waals surface area contributed by atoms with Gasteiger partial charge in [0.15, 0.2) is 0 Å². The molecule has 2 unspecified atom stereocenters. The average molecular weight is 251 g/mol. The lowest BCUT2D eigenvalue weighted by atomic mass is 9.99. The molecule has 100 valence electrons.